The van der Waals surface area contributed by atoms with Gasteiger partial charge in [-0.05, 0) is 46.9 Å². The Morgan fingerprint density at radius 3 is 2.00 bits per heavy atom. The molecule has 0 saturated carbocycles. The SMILES string of the molecule is CC(C)CNC(=O)C(Cc1ccccc1)N(Cc1ccc(F)cc1)C(=O)CSCc1ccc(F)cc1. The van der Waals surface area contributed by atoms with E-state index in [-0.39, 0.29) is 41.7 Å². The number of amides is 2. The highest BCUT2D eigenvalue weighted by molar-refractivity contribution is 7.99. The number of hydrogen-bond donors (Lipinski definition) is 1. The van der Waals surface area contributed by atoms with E-state index in [0.717, 1.165) is 16.7 Å². The molecule has 0 saturated heterocycles. The van der Waals surface area contributed by atoms with Crippen molar-refractivity contribution in [3.05, 3.63) is 107 Å². The van der Waals surface area contributed by atoms with Crippen molar-refractivity contribution >= 4 is 23.6 Å². The summed E-state index contributed by atoms with van der Waals surface area (Å²) in [6.45, 7) is 4.71. The molecule has 0 aromatic heterocycles. The lowest BCUT2D eigenvalue weighted by Gasteiger charge is -2.32. The fourth-order valence-electron chi connectivity index (χ4n) is 3.68. The summed E-state index contributed by atoms with van der Waals surface area (Å²) in [7, 11) is 0. The van der Waals surface area contributed by atoms with Gasteiger partial charge < -0.3 is 10.2 Å². The van der Waals surface area contributed by atoms with Crippen LogP contribution in [0.15, 0.2) is 78.9 Å². The minimum Gasteiger partial charge on any atom is -0.354 e. The van der Waals surface area contributed by atoms with E-state index < -0.39 is 6.04 Å². The van der Waals surface area contributed by atoms with Crippen molar-refractivity contribution in [3.63, 3.8) is 0 Å². The van der Waals surface area contributed by atoms with Gasteiger partial charge in [0, 0.05) is 25.3 Å². The average molecular weight is 511 g/mol. The maximum atomic E-state index is 13.5. The van der Waals surface area contributed by atoms with E-state index in [1.807, 2.05) is 44.2 Å². The Kier molecular flexibility index (Phi) is 10.5. The van der Waals surface area contributed by atoms with Gasteiger partial charge in [0.25, 0.3) is 0 Å². The number of halogens is 2. The summed E-state index contributed by atoms with van der Waals surface area (Å²) >= 11 is 1.41. The molecule has 0 bridgehead atoms. The maximum Gasteiger partial charge on any atom is 0.243 e. The number of rotatable bonds is 12. The molecular formula is C29H32F2N2O2S. The standard InChI is InChI=1S/C29H32F2N2O2S/c1-21(2)17-32-29(35)27(16-22-6-4-3-5-7-22)33(18-23-8-12-25(30)13-9-23)28(34)20-36-19-24-10-14-26(31)15-11-24/h3-15,21,27H,16-20H2,1-2H3,(H,32,35). The summed E-state index contributed by atoms with van der Waals surface area (Å²) in [6, 6.07) is 21.0. The number of nitrogens with zero attached hydrogens (tertiary/aromatic N) is 1. The summed E-state index contributed by atoms with van der Waals surface area (Å²) in [5, 5.41) is 2.98. The normalized spacial score (nSPS) is 11.8. The van der Waals surface area contributed by atoms with Crippen molar-refractivity contribution in [2.45, 2.75) is 38.6 Å². The van der Waals surface area contributed by atoms with E-state index >= 15 is 0 Å². The molecule has 0 aliphatic rings. The highest BCUT2D eigenvalue weighted by Gasteiger charge is 2.30. The van der Waals surface area contributed by atoms with Crippen LogP contribution in [-0.2, 0) is 28.3 Å². The Morgan fingerprint density at radius 1 is 0.833 bits per heavy atom. The molecule has 7 heteroatoms. The molecule has 0 radical (unpaired) electrons. The van der Waals surface area contributed by atoms with Gasteiger partial charge in [0.05, 0.1) is 5.75 Å². The first-order chi connectivity index (χ1) is 17.3. The highest BCUT2D eigenvalue weighted by atomic mass is 32.2. The van der Waals surface area contributed by atoms with Gasteiger partial charge in [0.15, 0.2) is 0 Å². The molecule has 0 fully saturated rings. The fourth-order valence-corrected chi connectivity index (χ4v) is 4.55. The molecule has 36 heavy (non-hydrogen) atoms. The molecule has 190 valence electrons. The molecule has 3 aromatic rings. The van der Waals surface area contributed by atoms with Gasteiger partial charge in [0.2, 0.25) is 11.8 Å². The van der Waals surface area contributed by atoms with E-state index in [2.05, 4.69) is 5.32 Å². The summed E-state index contributed by atoms with van der Waals surface area (Å²) < 4.78 is 26.7. The summed E-state index contributed by atoms with van der Waals surface area (Å²) in [5.41, 5.74) is 2.59. The number of hydrogen-bond acceptors (Lipinski definition) is 3. The molecule has 4 nitrogen and oxygen atoms in total. The predicted molar refractivity (Wildman–Crippen MR) is 141 cm³/mol. The molecule has 1 unspecified atom stereocenters. The summed E-state index contributed by atoms with van der Waals surface area (Å²) in [4.78, 5) is 28.5. The van der Waals surface area contributed by atoms with Crippen LogP contribution in [0.4, 0.5) is 8.78 Å². The minimum absolute atomic E-state index is 0.154. The topological polar surface area (TPSA) is 49.4 Å². The molecule has 3 aromatic carbocycles. The zero-order chi connectivity index (χ0) is 25.9. The second kappa shape index (κ2) is 13.8. The third-order valence-corrected chi connectivity index (χ3v) is 6.62. The first-order valence-corrected chi connectivity index (χ1v) is 13.1. The summed E-state index contributed by atoms with van der Waals surface area (Å²) in [6.07, 6.45) is 0.361. The van der Waals surface area contributed by atoms with Crippen molar-refractivity contribution in [2.75, 3.05) is 12.3 Å². The van der Waals surface area contributed by atoms with Crippen LogP contribution >= 0.6 is 11.8 Å². The fraction of sp³-hybridized carbons (Fsp3) is 0.310. The van der Waals surface area contributed by atoms with E-state index in [1.54, 1.807) is 29.2 Å². The lowest BCUT2D eigenvalue weighted by Crippen LogP contribution is -2.51. The Hall–Kier alpha value is -3.19. The van der Waals surface area contributed by atoms with Crippen molar-refractivity contribution in [1.29, 1.82) is 0 Å². The second-order valence-corrected chi connectivity index (χ2v) is 10.1. The molecule has 0 aliphatic carbocycles. The van der Waals surface area contributed by atoms with Gasteiger partial charge in [-0.15, -0.1) is 11.8 Å². The lowest BCUT2D eigenvalue weighted by molar-refractivity contribution is -0.139. The molecule has 3 rings (SSSR count). The quantitative estimate of drug-likeness (QED) is 0.345. The van der Waals surface area contributed by atoms with Crippen molar-refractivity contribution < 1.29 is 18.4 Å². The van der Waals surface area contributed by atoms with Crippen LogP contribution in [0.25, 0.3) is 0 Å². The van der Waals surface area contributed by atoms with Gasteiger partial charge in [-0.1, -0.05) is 68.4 Å². The lowest BCUT2D eigenvalue weighted by atomic mass is 10.0. The van der Waals surface area contributed by atoms with E-state index in [1.165, 1.54) is 36.0 Å². The van der Waals surface area contributed by atoms with Crippen LogP contribution < -0.4 is 5.32 Å². The number of benzene rings is 3. The van der Waals surface area contributed by atoms with Crippen LogP contribution in [0, 0.1) is 17.6 Å². The molecule has 2 amide bonds. The monoisotopic (exact) mass is 510 g/mol. The first kappa shape index (κ1) is 27.4. The van der Waals surface area contributed by atoms with Gasteiger partial charge in [-0.2, -0.15) is 0 Å². The third kappa shape index (κ3) is 8.79. The molecule has 0 heterocycles. The Morgan fingerprint density at radius 2 is 1.42 bits per heavy atom. The second-order valence-electron chi connectivity index (χ2n) is 9.11. The number of thioether (sulfide) groups is 1. The number of carbonyl (C=O) groups is 2. The Balaban J connectivity index is 1.82. The molecule has 0 spiro atoms. The van der Waals surface area contributed by atoms with Crippen molar-refractivity contribution in [1.82, 2.24) is 10.2 Å². The largest absolute Gasteiger partial charge is 0.354 e. The Labute approximate surface area is 216 Å². The predicted octanol–water partition coefficient (Wildman–Crippen LogP) is 5.61. The van der Waals surface area contributed by atoms with Crippen LogP contribution in [-0.4, -0.2) is 35.1 Å². The van der Waals surface area contributed by atoms with Gasteiger partial charge in [-0.25, -0.2) is 8.78 Å². The highest BCUT2D eigenvalue weighted by Crippen LogP contribution is 2.19. The van der Waals surface area contributed by atoms with Crippen LogP contribution in [0.1, 0.15) is 30.5 Å². The molecule has 0 aliphatic heterocycles. The van der Waals surface area contributed by atoms with Gasteiger partial charge >= 0.3 is 0 Å². The number of carbonyl (C=O) groups excluding carboxylic acids is 2. The smallest absolute Gasteiger partial charge is 0.243 e. The zero-order valence-corrected chi connectivity index (χ0v) is 21.4. The third-order valence-electron chi connectivity index (χ3n) is 5.63. The molecular weight excluding hydrogens is 478 g/mol. The Bertz CT molecular complexity index is 1110. The average Bonchev–Trinajstić information content (AvgIpc) is 2.87. The van der Waals surface area contributed by atoms with E-state index in [9.17, 15) is 18.4 Å². The van der Waals surface area contributed by atoms with Gasteiger partial charge in [0.1, 0.15) is 17.7 Å². The number of nitrogens with one attached hydrogen (secondary N) is 1. The zero-order valence-electron chi connectivity index (χ0n) is 20.6. The molecule has 1 atom stereocenters. The van der Waals surface area contributed by atoms with Crippen molar-refractivity contribution in [2.24, 2.45) is 5.92 Å². The van der Waals surface area contributed by atoms with Crippen molar-refractivity contribution in [3.8, 4) is 0 Å². The van der Waals surface area contributed by atoms with Crippen LogP contribution in [0.5, 0.6) is 0 Å². The molecule has 1 N–H and O–H groups in total. The van der Waals surface area contributed by atoms with Crippen LogP contribution in [0.2, 0.25) is 0 Å². The van der Waals surface area contributed by atoms with Crippen LogP contribution in [0.3, 0.4) is 0 Å². The maximum absolute atomic E-state index is 13.5. The van der Waals surface area contributed by atoms with Gasteiger partial charge in [-0.3, -0.25) is 9.59 Å². The first-order valence-electron chi connectivity index (χ1n) is 12.0. The summed E-state index contributed by atoms with van der Waals surface area (Å²) in [5.74, 6) is -0.110. The minimum atomic E-state index is -0.727. The van der Waals surface area contributed by atoms with E-state index in [4.69, 9.17) is 0 Å². The van der Waals surface area contributed by atoms with E-state index in [0.29, 0.717) is 18.7 Å².